The Hall–Kier alpha value is -4.09. The summed E-state index contributed by atoms with van der Waals surface area (Å²) < 4.78 is 34.0. The zero-order valence-corrected chi connectivity index (χ0v) is 21.7. The summed E-state index contributed by atoms with van der Waals surface area (Å²) in [5.41, 5.74) is 3.57. The second-order valence-corrected chi connectivity index (χ2v) is 10.7. The van der Waals surface area contributed by atoms with Crippen LogP contribution in [0.2, 0.25) is 0 Å². The van der Waals surface area contributed by atoms with Crippen LogP contribution in [0.3, 0.4) is 0 Å². The number of anilines is 2. The summed E-state index contributed by atoms with van der Waals surface area (Å²) in [6.45, 7) is 0. The average molecular weight is 536 g/mol. The van der Waals surface area contributed by atoms with Crippen LogP contribution in [-0.2, 0) is 10.0 Å². The molecule has 0 radical (unpaired) electrons. The van der Waals surface area contributed by atoms with Crippen LogP contribution < -0.4 is 19.7 Å². The molecule has 4 aromatic rings. The predicted molar refractivity (Wildman–Crippen MR) is 147 cm³/mol. The van der Waals surface area contributed by atoms with Crippen LogP contribution >= 0.6 is 12.2 Å². The number of benzene rings is 2. The zero-order valence-electron chi connectivity index (χ0n) is 20.1. The van der Waals surface area contributed by atoms with Crippen LogP contribution in [-0.4, -0.2) is 41.6 Å². The van der Waals surface area contributed by atoms with Crippen molar-refractivity contribution >= 4 is 38.7 Å². The number of sulfonamides is 1. The molecule has 2 aromatic heterocycles. The maximum absolute atomic E-state index is 12.0. The van der Waals surface area contributed by atoms with E-state index in [-0.39, 0.29) is 17.8 Å². The number of hydrogen-bond acceptors (Lipinski definition) is 6. The molecule has 0 bridgehead atoms. The van der Waals surface area contributed by atoms with Crippen molar-refractivity contribution < 1.29 is 18.3 Å². The summed E-state index contributed by atoms with van der Waals surface area (Å²) in [4.78, 5) is 6.54. The number of methoxy groups -OCH3 is 1. The second-order valence-electron chi connectivity index (χ2n) is 8.57. The largest absolute Gasteiger partial charge is 0.508 e. The Balaban J connectivity index is 1.66. The quantitative estimate of drug-likeness (QED) is 0.303. The van der Waals surface area contributed by atoms with E-state index in [1.165, 1.54) is 7.11 Å². The van der Waals surface area contributed by atoms with Crippen LogP contribution in [0.1, 0.15) is 23.5 Å². The van der Waals surface area contributed by atoms with E-state index in [1.807, 2.05) is 64.2 Å². The van der Waals surface area contributed by atoms with Gasteiger partial charge in [0, 0.05) is 29.5 Å². The van der Waals surface area contributed by atoms with Gasteiger partial charge in [-0.15, -0.1) is 0 Å². The van der Waals surface area contributed by atoms with Crippen LogP contribution in [0.15, 0.2) is 85.2 Å². The average Bonchev–Trinajstić information content (AvgIpc) is 3.48. The van der Waals surface area contributed by atoms with Gasteiger partial charge < -0.3 is 24.6 Å². The van der Waals surface area contributed by atoms with E-state index in [4.69, 9.17) is 17.0 Å². The number of hydrogen-bond donors (Lipinski definition) is 3. The van der Waals surface area contributed by atoms with Gasteiger partial charge in [-0.05, 0) is 78.9 Å². The Morgan fingerprint density at radius 3 is 2.49 bits per heavy atom. The minimum absolute atomic E-state index is 0.179. The van der Waals surface area contributed by atoms with Crippen molar-refractivity contribution in [1.82, 2.24) is 14.9 Å². The van der Waals surface area contributed by atoms with Gasteiger partial charge in [0.05, 0.1) is 30.8 Å². The number of phenolic OH excluding ortho intramolecular Hbond substituents is 1. The fourth-order valence-electron chi connectivity index (χ4n) is 4.54. The van der Waals surface area contributed by atoms with Gasteiger partial charge in [-0.25, -0.2) is 8.42 Å². The molecule has 1 saturated heterocycles. The van der Waals surface area contributed by atoms with E-state index in [9.17, 15) is 13.5 Å². The highest BCUT2D eigenvalue weighted by Gasteiger charge is 2.42. The maximum Gasteiger partial charge on any atom is 0.229 e. The molecular weight excluding hydrogens is 510 g/mol. The number of ether oxygens (including phenoxy) is 1. The van der Waals surface area contributed by atoms with Crippen LogP contribution in [0.4, 0.5) is 11.4 Å². The molecule has 9 nitrogen and oxygen atoms in total. The topological polar surface area (TPSA) is 109 Å². The lowest BCUT2D eigenvalue weighted by Gasteiger charge is -2.29. The van der Waals surface area contributed by atoms with Crippen LogP contribution in [0.5, 0.6) is 11.5 Å². The van der Waals surface area contributed by atoms with Crippen molar-refractivity contribution in [3.8, 4) is 17.2 Å². The first-order valence-electron chi connectivity index (χ1n) is 11.4. The molecule has 11 heteroatoms. The lowest BCUT2D eigenvalue weighted by atomic mass is 10.0. The maximum atomic E-state index is 12.0. The summed E-state index contributed by atoms with van der Waals surface area (Å²) in [6, 6.07) is 21.2. The minimum Gasteiger partial charge on any atom is -0.508 e. The Kier molecular flexibility index (Phi) is 6.48. The van der Waals surface area contributed by atoms with Crippen molar-refractivity contribution in [2.75, 3.05) is 23.0 Å². The third-order valence-corrected chi connectivity index (χ3v) is 6.97. The fraction of sp³-hybridized carbons (Fsp3) is 0.154. The molecule has 0 aliphatic carbocycles. The normalized spacial score (nSPS) is 17.5. The zero-order chi connectivity index (χ0) is 26.2. The SMILES string of the molecule is COc1ccc(N2C(=S)NC(c3ccccn3)C2c2cccn2-c2ccc(O)cc2)cc1NS(C)(=O)=O. The Labute approximate surface area is 220 Å². The smallest absolute Gasteiger partial charge is 0.229 e. The van der Waals surface area contributed by atoms with Crippen molar-refractivity contribution in [3.05, 3.63) is 96.6 Å². The van der Waals surface area contributed by atoms with Gasteiger partial charge in [-0.3, -0.25) is 9.71 Å². The summed E-state index contributed by atoms with van der Waals surface area (Å²) >= 11 is 5.82. The highest BCUT2D eigenvalue weighted by molar-refractivity contribution is 7.92. The first-order valence-corrected chi connectivity index (χ1v) is 13.7. The number of rotatable bonds is 7. The third kappa shape index (κ3) is 4.95. The van der Waals surface area contributed by atoms with E-state index < -0.39 is 10.0 Å². The van der Waals surface area contributed by atoms with E-state index >= 15 is 0 Å². The Morgan fingerprint density at radius 2 is 1.81 bits per heavy atom. The highest BCUT2D eigenvalue weighted by Crippen LogP contribution is 2.44. The number of pyridine rings is 1. The molecule has 1 aliphatic heterocycles. The lowest BCUT2D eigenvalue weighted by Crippen LogP contribution is -2.30. The number of aromatic hydroxyl groups is 1. The van der Waals surface area contributed by atoms with Gasteiger partial charge in [0.2, 0.25) is 10.0 Å². The van der Waals surface area contributed by atoms with Crippen molar-refractivity contribution in [2.45, 2.75) is 12.1 Å². The Bertz CT molecular complexity index is 1540. The minimum atomic E-state index is -3.55. The van der Waals surface area contributed by atoms with Crippen LogP contribution in [0.25, 0.3) is 5.69 Å². The number of nitrogens with zero attached hydrogens (tertiary/aromatic N) is 3. The summed E-state index contributed by atoms with van der Waals surface area (Å²) in [7, 11) is -2.07. The number of nitrogens with one attached hydrogen (secondary N) is 2. The number of aromatic nitrogens is 2. The molecule has 3 heterocycles. The van der Waals surface area contributed by atoms with Crippen molar-refractivity contribution in [3.63, 3.8) is 0 Å². The molecule has 1 aliphatic rings. The molecule has 2 aromatic carbocycles. The number of thiocarbonyl (C=S) groups is 1. The summed E-state index contributed by atoms with van der Waals surface area (Å²) in [5, 5.41) is 13.7. The molecule has 0 amide bonds. The highest BCUT2D eigenvalue weighted by atomic mass is 32.2. The molecule has 2 atom stereocenters. The van der Waals surface area contributed by atoms with Crippen molar-refractivity contribution in [1.29, 1.82) is 0 Å². The molecule has 3 N–H and O–H groups in total. The van der Waals surface area contributed by atoms with E-state index in [0.717, 1.165) is 23.3 Å². The summed E-state index contributed by atoms with van der Waals surface area (Å²) in [6.07, 6.45) is 4.77. The van der Waals surface area contributed by atoms with Gasteiger partial charge >= 0.3 is 0 Å². The predicted octanol–water partition coefficient (Wildman–Crippen LogP) is 4.14. The molecule has 0 saturated carbocycles. The van der Waals surface area contributed by atoms with E-state index in [2.05, 4.69) is 15.0 Å². The third-order valence-electron chi connectivity index (χ3n) is 6.07. The van der Waals surface area contributed by atoms with Gasteiger partial charge in [0.25, 0.3) is 0 Å². The molecule has 5 rings (SSSR count). The fourth-order valence-corrected chi connectivity index (χ4v) is 5.45. The van der Waals surface area contributed by atoms with Gasteiger partial charge in [-0.2, -0.15) is 0 Å². The van der Waals surface area contributed by atoms with Gasteiger partial charge in [0.15, 0.2) is 5.11 Å². The molecule has 2 unspecified atom stereocenters. The molecule has 0 spiro atoms. The molecule has 1 fully saturated rings. The van der Waals surface area contributed by atoms with Crippen molar-refractivity contribution in [2.24, 2.45) is 0 Å². The first kappa shape index (κ1) is 24.6. The monoisotopic (exact) mass is 535 g/mol. The molecule has 190 valence electrons. The first-order chi connectivity index (χ1) is 17.7. The van der Waals surface area contributed by atoms with Crippen LogP contribution in [0, 0.1) is 0 Å². The standard InChI is InChI=1S/C26H25N5O4S2/c1-35-23-13-10-18(16-21(23)29-37(2,33)34)31-25(24(28-26(31)36)20-6-3-4-14-27-20)22-7-5-15-30(22)17-8-11-19(32)12-9-17/h3-16,24-25,29,32H,1-2H3,(H,28,36). The molecule has 37 heavy (non-hydrogen) atoms. The van der Waals surface area contributed by atoms with Gasteiger partial charge in [0.1, 0.15) is 17.5 Å². The van der Waals surface area contributed by atoms with E-state index in [0.29, 0.717) is 22.2 Å². The Morgan fingerprint density at radius 1 is 1.05 bits per heavy atom. The molecular formula is C26H25N5O4S2. The summed E-state index contributed by atoms with van der Waals surface area (Å²) in [5.74, 6) is 0.566. The second kappa shape index (κ2) is 9.75. The van der Waals surface area contributed by atoms with Gasteiger partial charge in [-0.1, -0.05) is 6.07 Å². The van der Waals surface area contributed by atoms with E-state index in [1.54, 1.807) is 30.5 Å². The lowest BCUT2D eigenvalue weighted by molar-refractivity contribution is 0.417. The number of phenols is 1.